The van der Waals surface area contributed by atoms with E-state index in [1.807, 2.05) is 53.4 Å². The molecule has 168 valence electrons. The van der Waals surface area contributed by atoms with Crippen LogP contribution in [0.5, 0.6) is 5.75 Å². The van der Waals surface area contributed by atoms with Crippen molar-refractivity contribution < 1.29 is 14.1 Å². The molecule has 0 N–H and O–H groups in total. The monoisotopic (exact) mass is 445 g/mol. The molecule has 0 aliphatic carbocycles. The standard InChI is InChI=1S/C23H23N7O3/c1-32-20-8-4-17(5-9-20)22-26-21(33-27-22)14-28-10-12-29(13-11-28)23(31)18-2-6-19(7-3-18)30-16-24-15-25-30/h2-9,15-16H,10-14H2,1H3. The number of carbonyl (C=O) groups is 1. The number of benzene rings is 2. The van der Waals surface area contributed by atoms with E-state index in [1.165, 1.54) is 6.33 Å². The smallest absolute Gasteiger partial charge is 0.253 e. The molecule has 4 aromatic rings. The summed E-state index contributed by atoms with van der Waals surface area (Å²) in [6, 6.07) is 14.9. The lowest BCUT2D eigenvalue weighted by molar-refractivity contribution is 0.0615. The van der Waals surface area contributed by atoms with Crippen LogP contribution in [0.1, 0.15) is 16.2 Å². The Bertz CT molecular complexity index is 1200. The van der Waals surface area contributed by atoms with Gasteiger partial charge in [0, 0.05) is 37.3 Å². The average Bonchev–Trinajstić information content (AvgIpc) is 3.57. The summed E-state index contributed by atoms with van der Waals surface area (Å²) in [6.07, 6.45) is 3.10. The van der Waals surface area contributed by atoms with Gasteiger partial charge in [-0.2, -0.15) is 10.1 Å². The molecular formula is C23H23N7O3. The van der Waals surface area contributed by atoms with Gasteiger partial charge in [-0.15, -0.1) is 0 Å². The first-order valence-electron chi connectivity index (χ1n) is 10.6. The fourth-order valence-corrected chi connectivity index (χ4v) is 3.76. The predicted octanol–water partition coefficient (Wildman–Crippen LogP) is 2.28. The molecule has 0 spiro atoms. The van der Waals surface area contributed by atoms with Gasteiger partial charge < -0.3 is 14.2 Å². The van der Waals surface area contributed by atoms with Crippen molar-refractivity contribution in [3.05, 3.63) is 72.6 Å². The van der Waals surface area contributed by atoms with Crippen LogP contribution < -0.4 is 4.74 Å². The minimum atomic E-state index is 0.0272. The van der Waals surface area contributed by atoms with Crippen LogP contribution in [-0.4, -0.2) is 73.9 Å². The van der Waals surface area contributed by atoms with Crippen molar-refractivity contribution in [3.8, 4) is 22.8 Å². The number of ether oxygens (including phenoxy) is 1. The van der Waals surface area contributed by atoms with Crippen molar-refractivity contribution in [2.45, 2.75) is 6.54 Å². The van der Waals surface area contributed by atoms with E-state index in [-0.39, 0.29) is 5.91 Å². The lowest BCUT2D eigenvalue weighted by atomic mass is 10.1. The molecule has 1 aliphatic heterocycles. The number of hydrogen-bond donors (Lipinski definition) is 0. The maximum Gasteiger partial charge on any atom is 0.253 e. The zero-order valence-corrected chi connectivity index (χ0v) is 18.2. The van der Waals surface area contributed by atoms with Crippen LogP contribution in [0.15, 0.2) is 65.7 Å². The molecule has 0 atom stereocenters. The van der Waals surface area contributed by atoms with Crippen molar-refractivity contribution in [3.63, 3.8) is 0 Å². The highest BCUT2D eigenvalue weighted by Crippen LogP contribution is 2.20. The van der Waals surface area contributed by atoms with Crippen molar-refractivity contribution in [2.24, 2.45) is 0 Å². The molecule has 3 heterocycles. The number of aromatic nitrogens is 5. The van der Waals surface area contributed by atoms with Crippen molar-refractivity contribution in [1.29, 1.82) is 0 Å². The molecule has 1 aliphatic rings. The number of piperazine rings is 1. The SMILES string of the molecule is COc1ccc(-c2noc(CN3CCN(C(=O)c4ccc(-n5cncn5)cc4)CC3)n2)cc1. The Labute approximate surface area is 190 Å². The zero-order valence-electron chi connectivity index (χ0n) is 18.2. The van der Waals surface area contributed by atoms with Crippen LogP contribution in [0, 0.1) is 0 Å². The number of nitrogens with zero attached hydrogens (tertiary/aromatic N) is 7. The minimum absolute atomic E-state index is 0.0272. The van der Waals surface area contributed by atoms with Crippen LogP contribution in [-0.2, 0) is 6.54 Å². The predicted molar refractivity (Wildman–Crippen MR) is 119 cm³/mol. The molecule has 5 rings (SSSR count). The van der Waals surface area contributed by atoms with Crippen molar-refractivity contribution in [2.75, 3.05) is 33.3 Å². The average molecular weight is 445 g/mol. The molecule has 1 saturated heterocycles. The largest absolute Gasteiger partial charge is 0.497 e. The van der Waals surface area contributed by atoms with Gasteiger partial charge in [-0.25, -0.2) is 9.67 Å². The maximum atomic E-state index is 12.9. The lowest BCUT2D eigenvalue weighted by Gasteiger charge is -2.34. The van der Waals surface area contributed by atoms with Crippen LogP contribution in [0.25, 0.3) is 17.1 Å². The second-order valence-electron chi connectivity index (χ2n) is 7.70. The Kier molecular flexibility index (Phi) is 5.81. The third-order valence-electron chi connectivity index (χ3n) is 5.63. The Balaban J connectivity index is 1.15. The summed E-state index contributed by atoms with van der Waals surface area (Å²) in [5.74, 6) is 1.92. The summed E-state index contributed by atoms with van der Waals surface area (Å²) in [5, 5.41) is 8.19. The highest BCUT2D eigenvalue weighted by atomic mass is 16.5. The summed E-state index contributed by atoms with van der Waals surface area (Å²) in [6.45, 7) is 3.32. The molecule has 33 heavy (non-hydrogen) atoms. The third kappa shape index (κ3) is 4.60. The van der Waals surface area contributed by atoms with E-state index < -0.39 is 0 Å². The fraction of sp³-hybridized carbons (Fsp3) is 0.261. The van der Waals surface area contributed by atoms with Gasteiger partial charge >= 0.3 is 0 Å². The first-order valence-corrected chi connectivity index (χ1v) is 10.6. The fourth-order valence-electron chi connectivity index (χ4n) is 3.76. The number of methoxy groups -OCH3 is 1. The van der Waals surface area contributed by atoms with E-state index in [9.17, 15) is 4.79 Å². The normalized spacial score (nSPS) is 14.4. The maximum absolute atomic E-state index is 12.9. The summed E-state index contributed by atoms with van der Waals surface area (Å²) in [5.41, 5.74) is 2.40. The third-order valence-corrected chi connectivity index (χ3v) is 5.63. The van der Waals surface area contributed by atoms with Gasteiger partial charge in [0.1, 0.15) is 18.4 Å². The van der Waals surface area contributed by atoms with Crippen LogP contribution in [0.4, 0.5) is 0 Å². The second kappa shape index (κ2) is 9.21. The molecule has 2 aromatic heterocycles. The highest BCUT2D eigenvalue weighted by molar-refractivity contribution is 5.94. The van der Waals surface area contributed by atoms with E-state index >= 15 is 0 Å². The van der Waals surface area contributed by atoms with E-state index in [0.29, 0.717) is 36.9 Å². The minimum Gasteiger partial charge on any atom is -0.497 e. The summed E-state index contributed by atoms with van der Waals surface area (Å²) >= 11 is 0. The number of rotatable bonds is 6. The van der Waals surface area contributed by atoms with E-state index in [0.717, 1.165) is 30.1 Å². The van der Waals surface area contributed by atoms with Gasteiger partial charge in [0.15, 0.2) is 0 Å². The second-order valence-corrected chi connectivity index (χ2v) is 7.70. The van der Waals surface area contributed by atoms with E-state index in [2.05, 4.69) is 25.1 Å². The van der Waals surface area contributed by atoms with Gasteiger partial charge in [0.25, 0.3) is 5.91 Å². The highest BCUT2D eigenvalue weighted by Gasteiger charge is 2.23. The van der Waals surface area contributed by atoms with Gasteiger partial charge in [-0.1, -0.05) is 5.16 Å². The molecule has 1 fully saturated rings. The Morgan fingerprint density at radius 3 is 2.45 bits per heavy atom. The quantitative estimate of drug-likeness (QED) is 0.445. The first kappa shape index (κ1) is 20.8. The molecule has 2 aromatic carbocycles. The van der Waals surface area contributed by atoms with Gasteiger partial charge in [-0.05, 0) is 48.5 Å². The number of carbonyl (C=O) groups excluding carboxylic acids is 1. The van der Waals surface area contributed by atoms with E-state index in [4.69, 9.17) is 9.26 Å². The summed E-state index contributed by atoms with van der Waals surface area (Å²) in [4.78, 5) is 25.4. The molecule has 10 nitrogen and oxygen atoms in total. The van der Waals surface area contributed by atoms with Gasteiger partial charge in [0.05, 0.1) is 19.3 Å². The number of hydrogen-bond acceptors (Lipinski definition) is 8. The molecule has 0 bridgehead atoms. The van der Waals surface area contributed by atoms with Crippen molar-refractivity contribution in [1.82, 2.24) is 34.7 Å². The summed E-state index contributed by atoms with van der Waals surface area (Å²) < 4.78 is 12.3. The Hall–Kier alpha value is -4.05. The molecular weight excluding hydrogens is 422 g/mol. The lowest BCUT2D eigenvalue weighted by Crippen LogP contribution is -2.48. The molecule has 0 radical (unpaired) electrons. The van der Waals surface area contributed by atoms with Crippen LogP contribution >= 0.6 is 0 Å². The molecule has 1 amide bonds. The van der Waals surface area contributed by atoms with Crippen molar-refractivity contribution >= 4 is 5.91 Å². The molecule has 10 heteroatoms. The zero-order chi connectivity index (χ0) is 22.6. The molecule has 0 saturated carbocycles. The topological polar surface area (TPSA) is 102 Å². The number of amides is 1. The van der Waals surface area contributed by atoms with E-state index in [1.54, 1.807) is 18.1 Å². The molecule has 0 unspecified atom stereocenters. The van der Waals surface area contributed by atoms with Crippen LogP contribution in [0.2, 0.25) is 0 Å². The summed E-state index contributed by atoms with van der Waals surface area (Å²) in [7, 11) is 1.63. The Morgan fingerprint density at radius 2 is 1.79 bits per heavy atom. The first-order chi connectivity index (χ1) is 16.2. The Morgan fingerprint density at radius 1 is 1.03 bits per heavy atom. The van der Waals surface area contributed by atoms with Gasteiger partial charge in [0.2, 0.25) is 11.7 Å². The van der Waals surface area contributed by atoms with Gasteiger partial charge in [-0.3, -0.25) is 9.69 Å². The van der Waals surface area contributed by atoms with Crippen LogP contribution in [0.3, 0.4) is 0 Å².